The molecule has 118 valence electrons. The molecular formula is C17H13N5OS. The number of nitrogens with one attached hydrogen (secondary N) is 2. The van der Waals surface area contributed by atoms with Gasteiger partial charge in [-0.05, 0) is 55.5 Å². The smallest absolute Gasteiger partial charge is 0.218 e. The first-order valence-corrected chi connectivity index (χ1v) is 7.52. The van der Waals surface area contributed by atoms with Gasteiger partial charge in [0.05, 0.1) is 17.1 Å². The molecule has 0 aliphatic heterocycles. The van der Waals surface area contributed by atoms with Crippen LogP contribution in [0.15, 0.2) is 52.7 Å². The summed E-state index contributed by atoms with van der Waals surface area (Å²) in [6.45, 7) is 1.96. The van der Waals surface area contributed by atoms with Crippen molar-refractivity contribution >= 4 is 39.6 Å². The molecule has 0 atom stereocenters. The maximum Gasteiger partial charge on any atom is 0.218 e. The monoisotopic (exact) mass is 335 g/mol. The maximum atomic E-state index is 9.98. The minimum absolute atomic E-state index is 0.0551. The van der Waals surface area contributed by atoms with Gasteiger partial charge in [-0.15, -0.1) is 10.2 Å². The van der Waals surface area contributed by atoms with Crippen molar-refractivity contribution in [3.63, 3.8) is 0 Å². The molecular weight excluding hydrogens is 322 g/mol. The lowest BCUT2D eigenvalue weighted by Crippen LogP contribution is -2.04. The number of H-pyrrole nitrogens is 1. The van der Waals surface area contributed by atoms with Crippen LogP contribution < -0.4 is 5.32 Å². The lowest BCUT2D eigenvalue weighted by atomic mass is 10.2. The number of benzene rings is 2. The summed E-state index contributed by atoms with van der Waals surface area (Å²) in [6, 6.07) is 14.6. The minimum Gasteiger partial charge on any atom is -0.493 e. The van der Waals surface area contributed by atoms with Gasteiger partial charge in [0.2, 0.25) is 11.0 Å². The van der Waals surface area contributed by atoms with E-state index >= 15 is 0 Å². The maximum absolute atomic E-state index is 9.98. The molecule has 3 N–H and O–H groups in total. The summed E-state index contributed by atoms with van der Waals surface area (Å²) in [4.78, 5) is 2.85. The van der Waals surface area contributed by atoms with Crippen molar-refractivity contribution < 1.29 is 5.11 Å². The lowest BCUT2D eigenvalue weighted by Gasteiger charge is -2.02. The summed E-state index contributed by atoms with van der Waals surface area (Å²) in [7, 11) is 0. The largest absolute Gasteiger partial charge is 0.493 e. The molecule has 7 heteroatoms. The van der Waals surface area contributed by atoms with Crippen molar-refractivity contribution in [1.82, 2.24) is 4.98 Å². The SMILES string of the molecule is Cc1ccc2[nH]c(O)c(N=NC(=S)Nc3ccc(C#N)cc3)c2c1. The Kier molecular flexibility index (Phi) is 4.22. The minimum atomic E-state index is -0.0551. The predicted octanol–water partition coefficient (Wildman–Crippen LogP) is 4.53. The van der Waals surface area contributed by atoms with E-state index < -0.39 is 0 Å². The molecule has 0 bridgehead atoms. The van der Waals surface area contributed by atoms with Crippen LogP contribution in [0.3, 0.4) is 0 Å². The standard InChI is InChI=1S/C17H13N5OS/c1-10-2-7-14-13(8-10)15(16(23)20-14)21-22-17(24)19-12-5-3-11(9-18)4-6-12/h2-8,20,23H,1H3,(H,19,24). The summed E-state index contributed by atoms with van der Waals surface area (Å²) in [6.07, 6.45) is 0. The van der Waals surface area contributed by atoms with E-state index in [0.717, 1.165) is 16.5 Å². The molecule has 0 amide bonds. The number of aromatic amines is 1. The normalized spacial score (nSPS) is 10.8. The average molecular weight is 335 g/mol. The first-order chi connectivity index (χ1) is 11.6. The van der Waals surface area contributed by atoms with Crippen molar-refractivity contribution in [2.24, 2.45) is 10.2 Å². The van der Waals surface area contributed by atoms with Crippen molar-refractivity contribution in [1.29, 1.82) is 5.26 Å². The molecule has 0 radical (unpaired) electrons. The number of nitrogens with zero attached hydrogens (tertiary/aromatic N) is 3. The zero-order chi connectivity index (χ0) is 17.1. The molecule has 2 aromatic carbocycles. The molecule has 1 aromatic heterocycles. The van der Waals surface area contributed by atoms with Crippen LogP contribution in [0.4, 0.5) is 11.4 Å². The van der Waals surface area contributed by atoms with Crippen LogP contribution >= 0.6 is 12.2 Å². The fourth-order valence-electron chi connectivity index (χ4n) is 2.25. The molecule has 0 spiro atoms. The number of anilines is 1. The number of hydrogen-bond acceptors (Lipinski definition) is 4. The van der Waals surface area contributed by atoms with Crippen molar-refractivity contribution in [2.45, 2.75) is 6.92 Å². The van der Waals surface area contributed by atoms with Gasteiger partial charge in [0.1, 0.15) is 0 Å². The molecule has 0 saturated carbocycles. The number of hydrogen-bond donors (Lipinski definition) is 3. The van der Waals surface area contributed by atoms with E-state index in [9.17, 15) is 5.11 Å². The summed E-state index contributed by atoms with van der Waals surface area (Å²) in [5.74, 6) is -0.0551. The van der Waals surface area contributed by atoms with Crippen LogP contribution in [0.1, 0.15) is 11.1 Å². The van der Waals surface area contributed by atoms with E-state index in [0.29, 0.717) is 16.9 Å². The summed E-state index contributed by atoms with van der Waals surface area (Å²) in [5, 5.41) is 30.6. The number of aromatic nitrogens is 1. The number of azo groups is 1. The van der Waals surface area contributed by atoms with Crippen molar-refractivity contribution in [3.8, 4) is 11.9 Å². The highest BCUT2D eigenvalue weighted by Crippen LogP contribution is 2.35. The van der Waals surface area contributed by atoms with Crippen LogP contribution in [-0.2, 0) is 0 Å². The molecule has 0 unspecified atom stereocenters. The van der Waals surface area contributed by atoms with Gasteiger partial charge in [-0.3, -0.25) is 0 Å². The molecule has 24 heavy (non-hydrogen) atoms. The summed E-state index contributed by atoms with van der Waals surface area (Å²) in [5.41, 5.74) is 3.44. The van der Waals surface area contributed by atoms with Gasteiger partial charge >= 0.3 is 0 Å². The number of aromatic hydroxyl groups is 1. The van der Waals surface area contributed by atoms with Gasteiger partial charge in [-0.1, -0.05) is 11.6 Å². The number of aryl methyl sites for hydroxylation is 1. The second-order valence-corrected chi connectivity index (χ2v) is 5.58. The topological polar surface area (TPSA) is 96.6 Å². The van der Waals surface area contributed by atoms with Gasteiger partial charge in [-0.2, -0.15) is 5.26 Å². The second kappa shape index (κ2) is 6.48. The van der Waals surface area contributed by atoms with E-state index in [4.69, 9.17) is 17.5 Å². The highest BCUT2D eigenvalue weighted by molar-refractivity contribution is 7.80. The first kappa shape index (κ1) is 15.6. The van der Waals surface area contributed by atoms with E-state index in [1.807, 2.05) is 31.2 Å². The number of fused-ring (bicyclic) bond motifs is 1. The highest BCUT2D eigenvalue weighted by atomic mass is 32.1. The molecule has 1 heterocycles. The number of rotatable bonds is 2. The Bertz CT molecular complexity index is 983. The van der Waals surface area contributed by atoms with Gasteiger partial charge in [0, 0.05) is 11.1 Å². The Morgan fingerprint density at radius 3 is 2.71 bits per heavy atom. The fourth-order valence-corrected chi connectivity index (χ4v) is 2.41. The van der Waals surface area contributed by atoms with Crippen molar-refractivity contribution in [3.05, 3.63) is 53.6 Å². The Hall–Kier alpha value is -3.24. The Labute approximate surface area is 143 Å². The molecule has 6 nitrogen and oxygen atoms in total. The van der Waals surface area contributed by atoms with Crippen LogP contribution in [0.2, 0.25) is 0 Å². The summed E-state index contributed by atoms with van der Waals surface area (Å²) >= 11 is 5.13. The zero-order valence-electron chi connectivity index (χ0n) is 12.7. The molecule has 3 aromatic rings. The van der Waals surface area contributed by atoms with Crippen LogP contribution in [-0.4, -0.2) is 15.2 Å². The van der Waals surface area contributed by atoms with E-state index in [-0.39, 0.29) is 11.0 Å². The number of nitriles is 1. The van der Waals surface area contributed by atoms with Gasteiger partial charge in [0.25, 0.3) is 0 Å². The van der Waals surface area contributed by atoms with Crippen LogP contribution in [0.25, 0.3) is 10.9 Å². The summed E-state index contributed by atoms with van der Waals surface area (Å²) < 4.78 is 0. The van der Waals surface area contributed by atoms with Gasteiger partial charge < -0.3 is 15.4 Å². The Morgan fingerprint density at radius 1 is 1.25 bits per heavy atom. The second-order valence-electron chi connectivity index (χ2n) is 5.19. The quantitative estimate of drug-likeness (QED) is 0.473. The molecule has 0 saturated heterocycles. The van der Waals surface area contributed by atoms with Gasteiger partial charge in [-0.25, -0.2) is 0 Å². The van der Waals surface area contributed by atoms with E-state index in [1.54, 1.807) is 24.3 Å². The molecule has 0 aliphatic carbocycles. The Balaban J connectivity index is 1.80. The van der Waals surface area contributed by atoms with Gasteiger partial charge in [0.15, 0.2) is 5.69 Å². The molecule has 3 rings (SSSR count). The zero-order valence-corrected chi connectivity index (χ0v) is 13.6. The average Bonchev–Trinajstić information content (AvgIpc) is 2.88. The predicted molar refractivity (Wildman–Crippen MR) is 96.6 cm³/mol. The van der Waals surface area contributed by atoms with Crippen LogP contribution in [0.5, 0.6) is 5.88 Å². The van der Waals surface area contributed by atoms with E-state index in [1.165, 1.54) is 0 Å². The third kappa shape index (κ3) is 3.24. The third-order valence-electron chi connectivity index (χ3n) is 3.41. The third-order valence-corrected chi connectivity index (χ3v) is 3.60. The fraction of sp³-hybridized carbons (Fsp3) is 0.0588. The van der Waals surface area contributed by atoms with Crippen molar-refractivity contribution in [2.75, 3.05) is 5.32 Å². The highest BCUT2D eigenvalue weighted by Gasteiger charge is 2.10. The number of thiocarbonyl (C=S) groups is 1. The Morgan fingerprint density at radius 2 is 2.00 bits per heavy atom. The molecule has 0 fully saturated rings. The first-order valence-electron chi connectivity index (χ1n) is 7.11. The van der Waals surface area contributed by atoms with Crippen LogP contribution in [0, 0.1) is 18.3 Å². The molecule has 0 aliphatic rings. The lowest BCUT2D eigenvalue weighted by molar-refractivity contribution is 0.459. The van der Waals surface area contributed by atoms with E-state index in [2.05, 4.69) is 20.5 Å².